The maximum Gasteiger partial charge on any atom is 0.295 e. The maximum atomic E-state index is 13.0. The highest BCUT2D eigenvalue weighted by molar-refractivity contribution is 5.69. The van der Waals surface area contributed by atoms with Gasteiger partial charge >= 0.3 is 0 Å². The third-order valence-electron chi connectivity index (χ3n) is 2.45. The summed E-state index contributed by atoms with van der Waals surface area (Å²) < 4.78 is 13.0. The zero-order valence-corrected chi connectivity index (χ0v) is 9.68. The van der Waals surface area contributed by atoms with Crippen LogP contribution in [0.2, 0.25) is 0 Å². The molecule has 2 aromatic rings. The van der Waals surface area contributed by atoms with Crippen LogP contribution in [-0.2, 0) is 0 Å². The van der Waals surface area contributed by atoms with E-state index in [0.29, 0.717) is 0 Å². The van der Waals surface area contributed by atoms with Crippen LogP contribution in [0, 0.1) is 22.9 Å². The fourth-order valence-corrected chi connectivity index (χ4v) is 1.64. The number of aryl methyl sites for hydroxylation is 1. The molecule has 0 amide bonds. The van der Waals surface area contributed by atoms with Crippen molar-refractivity contribution >= 4 is 17.1 Å². The van der Waals surface area contributed by atoms with Gasteiger partial charge in [-0.25, -0.2) is 4.39 Å². The van der Waals surface area contributed by atoms with Crippen LogP contribution in [-0.4, -0.2) is 4.92 Å². The largest absolute Gasteiger partial charge is 0.350 e. The fourth-order valence-electron chi connectivity index (χ4n) is 1.64. The molecule has 92 valence electrons. The van der Waals surface area contributed by atoms with Gasteiger partial charge in [0.05, 0.1) is 11.0 Å². The number of anilines is 2. The zero-order chi connectivity index (χ0) is 13.1. The van der Waals surface area contributed by atoms with Crippen molar-refractivity contribution in [3.8, 4) is 0 Å². The number of hydrogen-bond donors (Lipinski definition) is 1. The summed E-state index contributed by atoms with van der Waals surface area (Å²) >= 11 is 0. The second-order valence-corrected chi connectivity index (χ2v) is 3.91. The van der Waals surface area contributed by atoms with Gasteiger partial charge in [0, 0.05) is 5.69 Å². The van der Waals surface area contributed by atoms with E-state index in [4.69, 9.17) is 0 Å². The summed E-state index contributed by atoms with van der Waals surface area (Å²) in [6.45, 7) is 1.92. The Morgan fingerprint density at radius 1 is 1.22 bits per heavy atom. The average molecular weight is 246 g/mol. The van der Waals surface area contributed by atoms with Crippen molar-refractivity contribution in [1.29, 1.82) is 0 Å². The van der Waals surface area contributed by atoms with Crippen LogP contribution in [0.25, 0.3) is 0 Å². The Morgan fingerprint density at radius 2 is 2.00 bits per heavy atom. The van der Waals surface area contributed by atoms with Crippen molar-refractivity contribution in [3.05, 3.63) is 64.0 Å². The highest BCUT2D eigenvalue weighted by Gasteiger charge is 2.14. The molecule has 18 heavy (non-hydrogen) atoms. The molecule has 0 heterocycles. The summed E-state index contributed by atoms with van der Waals surface area (Å²) in [7, 11) is 0. The first kappa shape index (κ1) is 12.0. The van der Waals surface area contributed by atoms with Gasteiger partial charge in [0.15, 0.2) is 0 Å². The van der Waals surface area contributed by atoms with E-state index in [1.807, 2.05) is 25.1 Å². The van der Waals surface area contributed by atoms with Crippen molar-refractivity contribution in [1.82, 2.24) is 0 Å². The minimum absolute atomic E-state index is 0.270. The first-order valence-electron chi connectivity index (χ1n) is 5.34. The number of nitrogens with one attached hydrogen (secondary N) is 1. The van der Waals surface area contributed by atoms with E-state index < -0.39 is 10.7 Å². The Balaban J connectivity index is 2.37. The number of rotatable bonds is 3. The molecule has 4 nitrogen and oxygen atoms in total. The number of nitrogens with zero attached hydrogens (tertiary/aromatic N) is 1. The van der Waals surface area contributed by atoms with E-state index in [2.05, 4.69) is 5.32 Å². The van der Waals surface area contributed by atoms with Crippen LogP contribution in [0.1, 0.15) is 5.56 Å². The molecule has 0 spiro atoms. The highest BCUT2D eigenvalue weighted by atomic mass is 19.1. The van der Waals surface area contributed by atoms with Crippen LogP contribution < -0.4 is 5.32 Å². The SMILES string of the molecule is Cc1cccc(Nc2ccc(F)cc2[N+](=O)[O-])c1. The zero-order valence-electron chi connectivity index (χ0n) is 9.68. The normalized spacial score (nSPS) is 10.1. The lowest BCUT2D eigenvalue weighted by Crippen LogP contribution is -1.97. The summed E-state index contributed by atoms with van der Waals surface area (Å²) in [5, 5.41) is 13.7. The van der Waals surface area contributed by atoms with Crippen molar-refractivity contribution in [2.45, 2.75) is 6.92 Å². The Bertz CT molecular complexity index is 599. The van der Waals surface area contributed by atoms with Gasteiger partial charge in [0.1, 0.15) is 11.5 Å². The van der Waals surface area contributed by atoms with Crippen molar-refractivity contribution in [2.75, 3.05) is 5.32 Å². The van der Waals surface area contributed by atoms with E-state index in [1.54, 1.807) is 6.07 Å². The molecule has 0 saturated heterocycles. The van der Waals surface area contributed by atoms with Gasteiger partial charge in [-0.15, -0.1) is 0 Å². The van der Waals surface area contributed by atoms with Crippen LogP contribution >= 0.6 is 0 Å². The summed E-state index contributed by atoms with van der Waals surface area (Å²) in [6, 6.07) is 10.9. The topological polar surface area (TPSA) is 55.2 Å². The molecule has 0 unspecified atom stereocenters. The van der Waals surface area contributed by atoms with Gasteiger partial charge in [0.25, 0.3) is 5.69 Å². The highest BCUT2D eigenvalue weighted by Crippen LogP contribution is 2.28. The van der Waals surface area contributed by atoms with Gasteiger partial charge in [0.2, 0.25) is 0 Å². The van der Waals surface area contributed by atoms with Gasteiger partial charge in [-0.3, -0.25) is 10.1 Å². The maximum absolute atomic E-state index is 13.0. The monoisotopic (exact) mass is 246 g/mol. The van der Waals surface area contributed by atoms with Crippen molar-refractivity contribution < 1.29 is 9.31 Å². The molecule has 5 heteroatoms. The Hall–Kier alpha value is -2.43. The third kappa shape index (κ3) is 2.63. The van der Waals surface area contributed by atoms with E-state index in [-0.39, 0.29) is 11.4 Å². The molecule has 0 fully saturated rings. The molecule has 0 aliphatic heterocycles. The molecular weight excluding hydrogens is 235 g/mol. The molecule has 0 aromatic heterocycles. The first-order chi connectivity index (χ1) is 8.56. The molecule has 0 aliphatic rings. The molecule has 2 rings (SSSR count). The Labute approximate surface area is 103 Å². The van der Waals surface area contributed by atoms with Crippen LogP contribution in [0.15, 0.2) is 42.5 Å². The number of benzene rings is 2. The standard InChI is InChI=1S/C13H11FN2O2/c1-9-3-2-4-11(7-9)15-12-6-5-10(14)8-13(12)16(17)18/h2-8,15H,1H3. The van der Waals surface area contributed by atoms with E-state index >= 15 is 0 Å². The lowest BCUT2D eigenvalue weighted by molar-refractivity contribution is -0.384. The number of halogens is 1. The molecule has 0 saturated carbocycles. The second kappa shape index (κ2) is 4.83. The molecule has 0 aliphatic carbocycles. The minimum Gasteiger partial charge on any atom is -0.350 e. The lowest BCUT2D eigenvalue weighted by Gasteiger charge is -2.07. The van der Waals surface area contributed by atoms with Gasteiger partial charge < -0.3 is 5.32 Å². The van der Waals surface area contributed by atoms with Crippen molar-refractivity contribution in [2.24, 2.45) is 0 Å². The van der Waals surface area contributed by atoms with Gasteiger partial charge in [-0.05, 0) is 36.8 Å². The number of nitro benzene ring substituents is 1. The molecule has 1 N–H and O–H groups in total. The predicted octanol–water partition coefficient (Wildman–Crippen LogP) is 3.79. The van der Waals surface area contributed by atoms with E-state index in [1.165, 1.54) is 12.1 Å². The third-order valence-corrected chi connectivity index (χ3v) is 2.45. The Kier molecular flexibility index (Phi) is 3.23. The second-order valence-electron chi connectivity index (χ2n) is 3.91. The van der Waals surface area contributed by atoms with Gasteiger partial charge in [-0.1, -0.05) is 12.1 Å². The quantitative estimate of drug-likeness (QED) is 0.662. The van der Waals surface area contributed by atoms with Crippen LogP contribution in [0.3, 0.4) is 0 Å². The average Bonchev–Trinajstić information content (AvgIpc) is 2.31. The van der Waals surface area contributed by atoms with Gasteiger partial charge in [-0.2, -0.15) is 0 Å². The first-order valence-corrected chi connectivity index (χ1v) is 5.34. The lowest BCUT2D eigenvalue weighted by atomic mass is 10.2. The molecule has 0 bridgehead atoms. The molecule has 0 atom stereocenters. The summed E-state index contributed by atoms with van der Waals surface area (Å²) in [5.74, 6) is -0.628. The predicted molar refractivity (Wildman–Crippen MR) is 67.5 cm³/mol. The van der Waals surface area contributed by atoms with Crippen LogP contribution in [0.5, 0.6) is 0 Å². The minimum atomic E-state index is -0.628. The van der Waals surface area contributed by atoms with Crippen LogP contribution in [0.4, 0.5) is 21.5 Å². The smallest absolute Gasteiger partial charge is 0.295 e. The van der Waals surface area contributed by atoms with Crippen molar-refractivity contribution in [3.63, 3.8) is 0 Å². The molecule has 0 radical (unpaired) electrons. The summed E-state index contributed by atoms with van der Waals surface area (Å²) in [6.07, 6.45) is 0. The molecular formula is C13H11FN2O2. The number of nitro groups is 1. The molecule has 2 aromatic carbocycles. The summed E-state index contributed by atoms with van der Waals surface area (Å²) in [5.41, 5.74) is 1.75. The van der Waals surface area contributed by atoms with E-state index in [9.17, 15) is 14.5 Å². The fraction of sp³-hybridized carbons (Fsp3) is 0.0769. The number of hydrogen-bond acceptors (Lipinski definition) is 3. The Morgan fingerprint density at radius 3 is 2.67 bits per heavy atom. The summed E-state index contributed by atoms with van der Waals surface area (Å²) in [4.78, 5) is 10.2. The van der Waals surface area contributed by atoms with E-state index in [0.717, 1.165) is 17.3 Å².